The molecular formula is C26H26N2O5. The first kappa shape index (κ1) is 22.3. The van der Waals surface area contributed by atoms with E-state index in [1.54, 1.807) is 23.2 Å². The molecule has 0 bridgehead atoms. The van der Waals surface area contributed by atoms with E-state index in [1.807, 2.05) is 42.5 Å². The van der Waals surface area contributed by atoms with Gasteiger partial charge in [0.15, 0.2) is 0 Å². The fraction of sp³-hybridized carbons (Fsp3) is 0.269. The number of carbonyl (C=O) groups is 2. The largest absolute Gasteiger partial charge is 0.493 e. The number of carboxylic acid groups (broad SMARTS) is 1. The summed E-state index contributed by atoms with van der Waals surface area (Å²) in [5, 5.41) is 8.95. The van der Waals surface area contributed by atoms with Gasteiger partial charge in [-0.05, 0) is 72.9 Å². The van der Waals surface area contributed by atoms with Gasteiger partial charge >= 0.3 is 12.1 Å². The number of benzene rings is 2. The van der Waals surface area contributed by atoms with Gasteiger partial charge in [0, 0.05) is 31.4 Å². The normalized spacial score (nSPS) is 14.0. The number of ether oxygens (including phenoxy) is 2. The molecule has 2 heterocycles. The molecule has 3 aromatic rings. The van der Waals surface area contributed by atoms with E-state index < -0.39 is 5.97 Å². The van der Waals surface area contributed by atoms with Crippen molar-refractivity contribution in [1.82, 2.24) is 9.88 Å². The minimum Gasteiger partial charge on any atom is -0.493 e. The van der Waals surface area contributed by atoms with Crippen LogP contribution in [0.1, 0.15) is 34.5 Å². The van der Waals surface area contributed by atoms with Gasteiger partial charge in [0.2, 0.25) is 0 Å². The summed E-state index contributed by atoms with van der Waals surface area (Å²) in [7, 11) is 0. The molecule has 1 fully saturated rings. The van der Waals surface area contributed by atoms with Crippen molar-refractivity contribution >= 4 is 12.1 Å². The van der Waals surface area contributed by atoms with E-state index in [9.17, 15) is 9.59 Å². The monoisotopic (exact) mass is 446 g/mol. The molecule has 0 radical (unpaired) electrons. The Hall–Kier alpha value is -3.87. The lowest BCUT2D eigenvalue weighted by Gasteiger charge is -2.31. The molecule has 2 aromatic carbocycles. The van der Waals surface area contributed by atoms with Gasteiger partial charge in [-0.3, -0.25) is 4.98 Å². The Morgan fingerprint density at radius 1 is 0.939 bits per heavy atom. The Morgan fingerprint density at radius 3 is 2.27 bits per heavy atom. The van der Waals surface area contributed by atoms with Crippen molar-refractivity contribution in [3.05, 3.63) is 89.7 Å². The van der Waals surface area contributed by atoms with E-state index in [-0.39, 0.29) is 11.7 Å². The summed E-state index contributed by atoms with van der Waals surface area (Å²) in [5.74, 6) is 0.550. The van der Waals surface area contributed by atoms with Crippen LogP contribution in [0.25, 0.3) is 0 Å². The summed E-state index contributed by atoms with van der Waals surface area (Å²) in [6.45, 7) is 1.76. The zero-order valence-corrected chi connectivity index (χ0v) is 18.2. The van der Waals surface area contributed by atoms with Gasteiger partial charge in [-0.25, -0.2) is 9.59 Å². The molecule has 0 saturated carbocycles. The predicted octanol–water partition coefficient (Wildman–Crippen LogP) is 4.66. The van der Waals surface area contributed by atoms with Crippen LogP contribution in [0, 0.1) is 5.92 Å². The topological polar surface area (TPSA) is 89.0 Å². The summed E-state index contributed by atoms with van der Waals surface area (Å²) < 4.78 is 11.3. The van der Waals surface area contributed by atoms with Gasteiger partial charge in [-0.1, -0.05) is 18.2 Å². The highest BCUT2D eigenvalue weighted by Gasteiger charge is 2.24. The van der Waals surface area contributed by atoms with Crippen molar-refractivity contribution in [3.63, 3.8) is 0 Å². The van der Waals surface area contributed by atoms with Crippen molar-refractivity contribution in [2.45, 2.75) is 19.3 Å². The van der Waals surface area contributed by atoms with Crippen LogP contribution in [-0.2, 0) is 6.42 Å². The number of pyridine rings is 1. The molecule has 0 unspecified atom stereocenters. The second-order valence-corrected chi connectivity index (χ2v) is 8.08. The third-order valence-corrected chi connectivity index (χ3v) is 5.70. The maximum Gasteiger partial charge on any atom is 0.415 e. The molecule has 33 heavy (non-hydrogen) atoms. The molecule has 1 aliphatic rings. The molecule has 1 N–H and O–H groups in total. The van der Waals surface area contributed by atoms with Crippen LogP contribution in [-0.4, -0.2) is 46.7 Å². The number of aromatic nitrogens is 1. The number of nitrogens with zero attached hydrogens (tertiary/aromatic N) is 2. The molecule has 1 aromatic heterocycles. The van der Waals surface area contributed by atoms with Crippen molar-refractivity contribution in [2.75, 3.05) is 19.7 Å². The second kappa shape index (κ2) is 10.6. The van der Waals surface area contributed by atoms with Gasteiger partial charge in [-0.2, -0.15) is 0 Å². The molecule has 170 valence electrons. The highest BCUT2D eigenvalue weighted by Crippen LogP contribution is 2.22. The summed E-state index contributed by atoms with van der Waals surface area (Å²) in [4.78, 5) is 29.5. The minimum absolute atomic E-state index is 0.233. The highest BCUT2D eigenvalue weighted by molar-refractivity contribution is 5.87. The van der Waals surface area contributed by atoms with E-state index in [0.29, 0.717) is 37.1 Å². The quantitative estimate of drug-likeness (QED) is 0.568. The summed E-state index contributed by atoms with van der Waals surface area (Å²) in [6.07, 6.45) is 3.82. The van der Waals surface area contributed by atoms with E-state index in [0.717, 1.165) is 30.5 Å². The second-order valence-electron chi connectivity index (χ2n) is 8.08. The third kappa shape index (κ3) is 6.32. The van der Waals surface area contributed by atoms with E-state index in [2.05, 4.69) is 4.98 Å². The smallest absolute Gasteiger partial charge is 0.415 e. The van der Waals surface area contributed by atoms with Crippen LogP contribution >= 0.6 is 0 Å². The average Bonchev–Trinajstić information content (AvgIpc) is 2.85. The lowest BCUT2D eigenvalue weighted by atomic mass is 9.98. The van der Waals surface area contributed by atoms with Crippen LogP contribution in [0.5, 0.6) is 11.5 Å². The highest BCUT2D eigenvalue weighted by atomic mass is 16.6. The number of hydrogen-bond donors (Lipinski definition) is 1. The lowest BCUT2D eigenvalue weighted by Crippen LogP contribution is -2.41. The third-order valence-electron chi connectivity index (χ3n) is 5.70. The van der Waals surface area contributed by atoms with Crippen molar-refractivity contribution in [1.29, 1.82) is 0 Å². The average molecular weight is 447 g/mol. The number of hydrogen-bond acceptors (Lipinski definition) is 5. The molecule has 0 atom stereocenters. The number of carboxylic acids is 1. The van der Waals surface area contributed by atoms with E-state index in [4.69, 9.17) is 14.6 Å². The maximum absolute atomic E-state index is 12.5. The number of carbonyl (C=O) groups excluding carboxylic acids is 1. The Balaban J connectivity index is 1.20. The number of rotatable bonds is 7. The van der Waals surface area contributed by atoms with Crippen LogP contribution < -0.4 is 9.47 Å². The first-order valence-corrected chi connectivity index (χ1v) is 11.0. The molecule has 1 amide bonds. The summed E-state index contributed by atoms with van der Waals surface area (Å²) >= 11 is 0. The minimum atomic E-state index is -0.957. The molecular weight excluding hydrogens is 420 g/mol. The predicted molar refractivity (Wildman–Crippen MR) is 123 cm³/mol. The molecule has 0 aliphatic carbocycles. The Labute approximate surface area is 192 Å². The molecule has 1 saturated heterocycles. The molecule has 0 spiro atoms. The van der Waals surface area contributed by atoms with E-state index >= 15 is 0 Å². The fourth-order valence-corrected chi connectivity index (χ4v) is 3.74. The number of amides is 1. The Morgan fingerprint density at radius 2 is 1.64 bits per heavy atom. The summed E-state index contributed by atoms with van der Waals surface area (Å²) in [5.41, 5.74) is 2.33. The zero-order valence-electron chi connectivity index (χ0n) is 18.2. The Kier molecular flexibility index (Phi) is 7.19. The van der Waals surface area contributed by atoms with Crippen molar-refractivity contribution in [2.24, 2.45) is 5.92 Å². The lowest BCUT2D eigenvalue weighted by molar-refractivity contribution is 0.0696. The van der Waals surface area contributed by atoms with Crippen LogP contribution in [0.2, 0.25) is 0 Å². The maximum atomic E-state index is 12.5. The van der Waals surface area contributed by atoms with Gasteiger partial charge < -0.3 is 19.5 Å². The van der Waals surface area contributed by atoms with Crippen LogP contribution in [0.4, 0.5) is 4.79 Å². The van der Waals surface area contributed by atoms with E-state index in [1.165, 1.54) is 12.1 Å². The first-order chi connectivity index (χ1) is 16.1. The SMILES string of the molecule is O=C(O)c1ccc(OCC2CCN(C(=O)Oc3ccc(Cc4ccccn4)cc3)CC2)cc1. The van der Waals surface area contributed by atoms with Gasteiger partial charge in [0.1, 0.15) is 11.5 Å². The number of piperidine rings is 1. The molecule has 7 nitrogen and oxygen atoms in total. The van der Waals surface area contributed by atoms with Crippen molar-refractivity contribution < 1.29 is 24.2 Å². The fourth-order valence-electron chi connectivity index (χ4n) is 3.74. The standard InChI is InChI=1S/C26H26N2O5/c29-25(30)21-6-10-23(11-7-21)32-18-20-12-15-28(16-13-20)26(31)33-24-8-4-19(5-9-24)17-22-3-1-2-14-27-22/h1-11,14,20H,12-13,15-18H2,(H,29,30). The van der Waals surface area contributed by atoms with Gasteiger partial charge in [0.25, 0.3) is 0 Å². The summed E-state index contributed by atoms with van der Waals surface area (Å²) in [6, 6.07) is 19.7. The zero-order chi connectivity index (χ0) is 23.0. The van der Waals surface area contributed by atoms with Crippen molar-refractivity contribution in [3.8, 4) is 11.5 Å². The number of aromatic carboxylic acids is 1. The van der Waals surface area contributed by atoms with Crippen LogP contribution in [0.3, 0.4) is 0 Å². The molecule has 7 heteroatoms. The molecule has 1 aliphatic heterocycles. The Bertz CT molecular complexity index is 1060. The first-order valence-electron chi connectivity index (χ1n) is 11.0. The van der Waals surface area contributed by atoms with Gasteiger partial charge in [-0.15, -0.1) is 0 Å². The molecule has 4 rings (SSSR count). The number of likely N-dealkylation sites (tertiary alicyclic amines) is 1. The van der Waals surface area contributed by atoms with Gasteiger partial charge in [0.05, 0.1) is 12.2 Å². The van der Waals surface area contributed by atoms with Crippen LogP contribution in [0.15, 0.2) is 72.9 Å².